The minimum atomic E-state index is -1.23. The molecule has 1 N–H and O–H groups in total. The second kappa shape index (κ2) is 11.7. The van der Waals surface area contributed by atoms with Gasteiger partial charge in [-0.05, 0) is 32.1 Å². The number of hydrazone groups is 1. The molecule has 0 radical (unpaired) electrons. The van der Waals surface area contributed by atoms with E-state index in [9.17, 15) is 0 Å². The molecule has 0 aromatic heterocycles. The number of hydrogen-bond donors (Lipinski definition) is 1. The molecule has 0 aliphatic carbocycles. The van der Waals surface area contributed by atoms with Gasteiger partial charge in [-0.3, -0.25) is 0 Å². The van der Waals surface area contributed by atoms with Gasteiger partial charge in [-0.1, -0.05) is 23.8 Å². The van der Waals surface area contributed by atoms with E-state index >= 15 is 0 Å². The molecule has 1 aromatic rings. The first kappa shape index (κ1) is 18.1. The number of aryl methyl sites for hydroxylation is 1. The van der Waals surface area contributed by atoms with Gasteiger partial charge in [0.1, 0.15) is 0 Å². The lowest BCUT2D eigenvalue weighted by Gasteiger charge is -2.11. The zero-order valence-electron chi connectivity index (χ0n) is 12.5. The number of rotatable bonds is 10. The van der Waals surface area contributed by atoms with Crippen molar-refractivity contribution in [3.8, 4) is 0 Å². The Balaban J connectivity index is 2.13. The van der Waals surface area contributed by atoms with Crippen molar-refractivity contribution in [3.05, 3.63) is 42.0 Å². The SMILES string of the molecule is CCOP(OC)OC/C=C/C=N/NSc1ccc(C)cc1. The summed E-state index contributed by atoms with van der Waals surface area (Å²) in [5.41, 5.74) is 1.24. The van der Waals surface area contributed by atoms with Gasteiger partial charge >= 0.3 is 8.60 Å². The number of benzene rings is 1. The smallest absolute Gasteiger partial charge is 0.316 e. The van der Waals surface area contributed by atoms with Gasteiger partial charge in [0.15, 0.2) is 0 Å². The summed E-state index contributed by atoms with van der Waals surface area (Å²) in [6, 6.07) is 8.23. The minimum absolute atomic E-state index is 0.427. The summed E-state index contributed by atoms with van der Waals surface area (Å²) in [4.78, 5) is 4.02. The van der Waals surface area contributed by atoms with Crippen LogP contribution >= 0.6 is 20.6 Å². The Bertz CT molecular complexity index is 440. The monoisotopic (exact) mass is 328 g/mol. The molecule has 0 aliphatic heterocycles. The van der Waals surface area contributed by atoms with Crippen LogP contribution in [0.3, 0.4) is 0 Å². The third-order valence-corrected chi connectivity index (χ3v) is 4.03. The number of allylic oxidation sites excluding steroid dienone is 1. The molecule has 1 rings (SSSR count). The molecule has 0 spiro atoms. The van der Waals surface area contributed by atoms with E-state index in [1.54, 1.807) is 19.4 Å². The summed E-state index contributed by atoms with van der Waals surface area (Å²) in [6.45, 7) is 4.97. The molecule has 0 aliphatic rings. The molecule has 116 valence electrons. The molecule has 0 saturated carbocycles. The molecule has 0 bridgehead atoms. The van der Waals surface area contributed by atoms with Gasteiger partial charge in [0.05, 0.1) is 13.2 Å². The molecular weight excluding hydrogens is 307 g/mol. The van der Waals surface area contributed by atoms with E-state index in [2.05, 4.69) is 29.0 Å². The Labute approximate surface area is 131 Å². The summed E-state index contributed by atoms with van der Waals surface area (Å²) in [6.07, 6.45) is 5.31. The lowest BCUT2D eigenvalue weighted by atomic mass is 10.2. The summed E-state index contributed by atoms with van der Waals surface area (Å²) in [5.74, 6) is 0. The van der Waals surface area contributed by atoms with E-state index in [1.807, 2.05) is 25.1 Å². The summed E-state index contributed by atoms with van der Waals surface area (Å²) < 4.78 is 15.6. The summed E-state index contributed by atoms with van der Waals surface area (Å²) in [7, 11) is 0.334. The topological polar surface area (TPSA) is 52.1 Å². The van der Waals surface area contributed by atoms with E-state index in [-0.39, 0.29) is 0 Å². The number of hydrogen-bond acceptors (Lipinski definition) is 6. The van der Waals surface area contributed by atoms with Crippen LogP contribution in [0.1, 0.15) is 12.5 Å². The van der Waals surface area contributed by atoms with E-state index in [0.29, 0.717) is 13.2 Å². The van der Waals surface area contributed by atoms with Gasteiger partial charge in [0.2, 0.25) is 0 Å². The fourth-order valence-electron chi connectivity index (χ4n) is 1.23. The van der Waals surface area contributed by atoms with Crippen molar-refractivity contribution in [2.75, 3.05) is 20.3 Å². The zero-order valence-corrected chi connectivity index (χ0v) is 14.2. The standard InChI is InChI=1S/C14H21N2O3PS/c1-4-18-20(17-3)19-12-6-5-11-15-16-21-14-9-7-13(2)8-10-14/h5-11,16H,4,12H2,1-3H3/b6-5+,15-11+. The highest BCUT2D eigenvalue weighted by Crippen LogP contribution is 2.37. The Morgan fingerprint density at radius 1 is 1.29 bits per heavy atom. The summed E-state index contributed by atoms with van der Waals surface area (Å²) in [5, 5.41) is 4.05. The highest BCUT2D eigenvalue weighted by molar-refractivity contribution is 7.97. The Kier molecular flexibility index (Phi) is 10.1. The molecule has 5 nitrogen and oxygen atoms in total. The fraction of sp³-hybridized carbons (Fsp3) is 0.357. The highest BCUT2D eigenvalue weighted by Gasteiger charge is 2.06. The maximum absolute atomic E-state index is 5.37. The highest BCUT2D eigenvalue weighted by atomic mass is 32.2. The molecule has 7 heteroatoms. The van der Waals surface area contributed by atoms with Crippen LogP contribution in [0.15, 0.2) is 46.4 Å². The maximum atomic E-state index is 5.37. The van der Waals surface area contributed by atoms with Gasteiger partial charge in [-0.15, -0.1) is 0 Å². The first-order chi connectivity index (χ1) is 10.3. The van der Waals surface area contributed by atoms with E-state index in [4.69, 9.17) is 13.6 Å². The van der Waals surface area contributed by atoms with Crippen molar-refractivity contribution in [1.82, 2.24) is 4.83 Å². The predicted octanol–water partition coefficient (Wildman–Crippen LogP) is 4.06. The molecule has 21 heavy (non-hydrogen) atoms. The number of nitrogens with zero attached hydrogens (tertiary/aromatic N) is 1. The van der Waals surface area contributed by atoms with Crippen molar-refractivity contribution >= 4 is 26.8 Å². The van der Waals surface area contributed by atoms with Crippen LogP contribution < -0.4 is 4.83 Å². The van der Waals surface area contributed by atoms with Crippen LogP contribution in [0, 0.1) is 6.92 Å². The molecule has 0 amide bonds. The normalized spacial score (nSPS) is 13.1. The molecule has 0 heterocycles. The van der Waals surface area contributed by atoms with Gasteiger partial charge in [0.25, 0.3) is 0 Å². The third kappa shape index (κ3) is 8.86. The van der Waals surface area contributed by atoms with Crippen molar-refractivity contribution < 1.29 is 13.6 Å². The molecular formula is C14H21N2O3PS. The average molecular weight is 328 g/mol. The van der Waals surface area contributed by atoms with Crippen molar-refractivity contribution in [1.29, 1.82) is 0 Å². The predicted molar refractivity (Wildman–Crippen MR) is 89.3 cm³/mol. The second-order valence-electron chi connectivity index (χ2n) is 3.83. The van der Waals surface area contributed by atoms with Crippen molar-refractivity contribution in [2.24, 2.45) is 5.10 Å². The van der Waals surface area contributed by atoms with Crippen LogP contribution in [0.2, 0.25) is 0 Å². The number of nitrogens with one attached hydrogen (secondary N) is 1. The van der Waals surface area contributed by atoms with Gasteiger partial charge in [0, 0.05) is 30.2 Å². The summed E-state index contributed by atoms with van der Waals surface area (Å²) >= 11 is 1.46. The average Bonchev–Trinajstić information content (AvgIpc) is 2.50. The Hall–Kier alpha value is -0.910. The first-order valence-corrected chi connectivity index (χ1v) is 8.44. The minimum Gasteiger partial charge on any atom is -0.316 e. The van der Waals surface area contributed by atoms with Crippen LogP contribution in [0.5, 0.6) is 0 Å². The van der Waals surface area contributed by atoms with E-state index in [1.165, 1.54) is 17.5 Å². The van der Waals surface area contributed by atoms with E-state index in [0.717, 1.165) is 4.90 Å². The lowest BCUT2D eigenvalue weighted by Crippen LogP contribution is -1.93. The molecule has 0 saturated heterocycles. The van der Waals surface area contributed by atoms with Crippen LogP contribution in [0.4, 0.5) is 0 Å². The van der Waals surface area contributed by atoms with Crippen LogP contribution in [0.25, 0.3) is 0 Å². The van der Waals surface area contributed by atoms with Gasteiger partial charge in [-0.2, -0.15) is 5.10 Å². The quantitative estimate of drug-likeness (QED) is 0.304. The van der Waals surface area contributed by atoms with Crippen molar-refractivity contribution in [2.45, 2.75) is 18.7 Å². The largest absolute Gasteiger partial charge is 0.332 e. The van der Waals surface area contributed by atoms with Crippen molar-refractivity contribution in [3.63, 3.8) is 0 Å². The molecule has 1 unspecified atom stereocenters. The van der Waals surface area contributed by atoms with Gasteiger partial charge in [-0.25, -0.2) is 4.83 Å². The van der Waals surface area contributed by atoms with Crippen LogP contribution in [-0.2, 0) is 13.6 Å². The maximum Gasteiger partial charge on any atom is 0.332 e. The van der Waals surface area contributed by atoms with Gasteiger partial charge < -0.3 is 13.6 Å². The zero-order chi connectivity index (χ0) is 15.3. The molecule has 0 fully saturated rings. The Morgan fingerprint density at radius 2 is 2.05 bits per heavy atom. The first-order valence-electron chi connectivity index (χ1n) is 6.53. The molecule has 1 aromatic carbocycles. The molecule has 1 atom stereocenters. The fourth-order valence-corrected chi connectivity index (χ4v) is 2.42. The Morgan fingerprint density at radius 3 is 2.71 bits per heavy atom. The van der Waals surface area contributed by atoms with E-state index < -0.39 is 8.60 Å². The van der Waals surface area contributed by atoms with Crippen LogP contribution in [-0.4, -0.2) is 26.5 Å². The third-order valence-electron chi connectivity index (χ3n) is 2.19. The second-order valence-corrected chi connectivity index (χ2v) is 6.02. The lowest BCUT2D eigenvalue weighted by molar-refractivity contribution is 0.200.